The number of H-pyrrole nitrogens is 1. The lowest BCUT2D eigenvalue weighted by molar-refractivity contribution is 0.141. The number of ether oxygens (including phenoxy) is 1. The molecule has 176 valence electrons. The molecule has 2 aromatic carbocycles. The van der Waals surface area contributed by atoms with Crippen molar-refractivity contribution < 1.29 is 4.74 Å². The van der Waals surface area contributed by atoms with Crippen LogP contribution in [-0.2, 0) is 0 Å². The van der Waals surface area contributed by atoms with Gasteiger partial charge in [-0.05, 0) is 95.8 Å². The third kappa shape index (κ3) is 6.11. The third-order valence-corrected chi connectivity index (χ3v) is 7.17. The molecule has 0 aliphatic carbocycles. The zero-order valence-corrected chi connectivity index (χ0v) is 21.2. The first kappa shape index (κ1) is 24.1. The number of hydrogen-bond donors (Lipinski definition) is 1. The molecule has 1 aliphatic rings. The first-order valence-electron chi connectivity index (χ1n) is 11.9. The number of nitrogens with zero attached hydrogens (tertiary/aromatic N) is 2. The van der Waals surface area contributed by atoms with Crippen LogP contribution < -0.4 is 4.74 Å². The van der Waals surface area contributed by atoms with E-state index in [2.05, 4.69) is 23.7 Å². The van der Waals surface area contributed by atoms with Gasteiger partial charge in [-0.15, -0.1) is 0 Å². The molecule has 0 amide bonds. The van der Waals surface area contributed by atoms with Crippen molar-refractivity contribution in [2.24, 2.45) is 5.92 Å². The molecule has 1 N–H and O–H groups in total. The largest absolute Gasteiger partial charge is 0.494 e. The lowest BCUT2D eigenvalue weighted by Crippen LogP contribution is -2.38. The minimum Gasteiger partial charge on any atom is -0.494 e. The summed E-state index contributed by atoms with van der Waals surface area (Å²) in [7, 11) is 0. The van der Waals surface area contributed by atoms with Gasteiger partial charge in [0, 0.05) is 27.9 Å². The molecule has 2 heterocycles. The molecule has 4 nitrogen and oxygen atoms in total. The number of nitrogens with one attached hydrogen (secondary N) is 1. The number of benzene rings is 2. The Morgan fingerprint density at radius 1 is 1.09 bits per heavy atom. The van der Waals surface area contributed by atoms with E-state index in [1.807, 2.05) is 49.4 Å². The first-order chi connectivity index (χ1) is 15.9. The monoisotopic (exact) mass is 485 g/mol. The molecule has 0 radical (unpaired) electrons. The summed E-state index contributed by atoms with van der Waals surface area (Å²) in [6.45, 7) is 9.77. The molecule has 0 saturated carbocycles. The van der Waals surface area contributed by atoms with Crippen LogP contribution in [0.15, 0.2) is 42.5 Å². The highest BCUT2D eigenvalue weighted by Crippen LogP contribution is 2.33. The van der Waals surface area contributed by atoms with Crippen LogP contribution in [0.4, 0.5) is 0 Å². The van der Waals surface area contributed by atoms with E-state index in [4.69, 9.17) is 32.9 Å². The fourth-order valence-electron chi connectivity index (χ4n) is 4.57. The molecule has 1 fully saturated rings. The van der Waals surface area contributed by atoms with E-state index in [0.717, 1.165) is 53.0 Å². The highest BCUT2D eigenvalue weighted by molar-refractivity contribution is 6.33. The van der Waals surface area contributed by atoms with Crippen LogP contribution in [0.25, 0.3) is 22.6 Å². The molecule has 0 bridgehead atoms. The number of piperidine rings is 1. The summed E-state index contributed by atoms with van der Waals surface area (Å²) >= 11 is 12.6. The minimum atomic E-state index is 0.630. The van der Waals surface area contributed by atoms with Crippen molar-refractivity contribution >= 4 is 23.2 Å². The Morgan fingerprint density at radius 2 is 1.82 bits per heavy atom. The van der Waals surface area contributed by atoms with Crippen LogP contribution in [0.5, 0.6) is 5.75 Å². The van der Waals surface area contributed by atoms with Gasteiger partial charge in [-0.2, -0.15) is 0 Å². The Hall–Kier alpha value is -2.01. The fourth-order valence-corrected chi connectivity index (χ4v) is 4.96. The van der Waals surface area contributed by atoms with E-state index < -0.39 is 0 Å². The number of imidazole rings is 1. The third-order valence-electron chi connectivity index (χ3n) is 6.60. The molecule has 0 unspecified atom stereocenters. The van der Waals surface area contributed by atoms with Gasteiger partial charge >= 0.3 is 0 Å². The van der Waals surface area contributed by atoms with Gasteiger partial charge in [-0.3, -0.25) is 0 Å². The lowest BCUT2D eigenvalue weighted by Gasteiger charge is -2.34. The quantitative estimate of drug-likeness (QED) is 0.333. The highest BCUT2D eigenvalue weighted by atomic mass is 35.5. The van der Waals surface area contributed by atoms with Gasteiger partial charge in [0.05, 0.1) is 17.3 Å². The van der Waals surface area contributed by atoms with Crippen molar-refractivity contribution in [1.29, 1.82) is 0 Å². The van der Waals surface area contributed by atoms with Crippen LogP contribution in [0, 0.1) is 12.8 Å². The summed E-state index contributed by atoms with van der Waals surface area (Å²) in [5.41, 5.74) is 3.77. The van der Waals surface area contributed by atoms with Crippen molar-refractivity contribution in [3.8, 4) is 28.4 Å². The van der Waals surface area contributed by atoms with Crippen molar-refractivity contribution in [2.75, 3.05) is 19.7 Å². The molecule has 3 aromatic rings. The second-order valence-electron chi connectivity index (χ2n) is 9.27. The lowest BCUT2D eigenvalue weighted by atomic mass is 9.92. The van der Waals surface area contributed by atoms with Crippen molar-refractivity contribution in [3.63, 3.8) is 0 Å². The zero-order valence-electron chi connectivity index (χ0n) is 19.7. The molecule has 1 aliphatic heterocycles. The molecule has 1 aromatic heterocycles. The van der Waals surface area contributed by atoms with Gasteiger partial charge in [-0.1, -0.05) is 35.3 Å². The molecule has 0 atom stereocenters. The highest BCUT2D eigenvalue weighted by Gasteiger charge is 2.20. The Morgan fingerprint density at radius 3 is 2.48 bits per heavy atom. The first-order valence-corrected chi connectivity index (χ1v) is 12.7. The summed E-state index contributed by atoms with van der Waals surface area (Å²) in [6, 6.07) is 14.2. The van der Waals surface area contributed by atoms with Crippen molar-refractivity contribution in [1.82, 2.24) is 14.9 Å². The molecule has 1 saturated heterocycles. The van der Waals surface area contributed by atoms with Gasteiger partial charge in [0.1, 0.15) is 11.6 Å². The van der Waals surface area contributed by atoms with Gasteiger partial charge < -0.3 is 14.6 Å². The van der Waals surface area contributed by atoms with E-state index in [0.29, 0.717) is 16.1 Å². The molecule has 33 heavy (non-hydrogen) atoms. The number of hydrogen-bond acceptors (Lipinski definition) is 3. The Kier molecular flexibility index (Phi) is 8.00. The van der Waals surface area contributed by atoms with E-state index in [1.165, 1.54) is 32.4 Å². The Labute approximate surface area is 207 Å². The number of rotatable bonds is 8. The van der Waals surface area contributed by atoms with Crippen molar-refractivity contribution in [3.05, 3.63) is 58.2 Å². The number of likely N-dealkylation sites (tertiary alicyclic amines) is 1. The topological polar surface area (TPSA) is 41.1 Å². The molecular formula is C27H33Cl2N3O. The maximum atomic E-state index is 6.60. The standard InChI is InChI=1S/C27H33Cl2N3O/c1-18(2)32-14-12-20(13-15-32)5-4-16-33-23-10-11-24(25(29)17-23)27-30-19(3)26(31-27)21-6-8-22(28)9-7-21/h6-11,17-18,20H,4-5,12-16H2,1-3H3,(H,30,31). The van der Waals surface area contributed by atoms with Crippen LogP contribution in [0.2, 0.25) is 10.0 Å². The van der Waals surface area contributed by atoms with Gasteiger partial charge in [0.25, 0.3) is 0 Å². The van der Waals surface area contributed by atoms with E-state index in [-0.39, 0.29) is 0 Å². The van der Waals surface area contributed by atoms with E-state index in [1.54, 1.807) is 0 Å². The molecule has 0 spiro atoms. The van der Waals surface area contributed by atoms with Gasteiger partial charge in [0.2, 0.25) is 0 Å². The number of aromatic nitrogens is 2. The predicted octanol–water partition coefficient (Wildman–Crippen LogP) is 7.64. The van der Waals surface area contributed by atoms with Crippen LogP contribution in [0.3, 0.4) is 0 Å². The average Bonchev–Trinajstić information content (AvgIpc) is 3.19. The molecular weight excluding hydrogens is 453 g/mol. The van der Waals surface area contributed by atoms with Gasteiger partial charge in [0.15, 0.2) is 0 Å². The predicted molar refractivity (Wildman–Crippen MR) is 138 cm³/mol. The normalized spacial score (nSPS) is 15.3. The van der Waals surface area contributed by atoms with Crippen LogP contribution in [0.1, 0.15) is 45.2 Å². The SMILES string of the molecule is Cc1[nH]c(-c2ccc(OCCCC3CCN(C(C)C)CC3)cc2Cl)nc1-c1ccc(Cl)cc1. The van der Waals surface area contributed by atoms with Crippen LogP contribution >= 0.6 is 23.2 Å². The zero-order chi connectivity index (χ0) is 23.4. The maximum absolute atomic E-state index is 6.60. The average molecular weight is 486 g/mol. The number of aromatic amines is 1. The summed E-state index contributed by atoms with van der Waals surface area (Å²) in [4.78, 5) is 10.7. The second kappa shape index (κ2) is 10.9. The summed E-state index contributed by atoms with van der Waals surface area (Å²) in [5.74, 6) is 2.38. The summed E-state index contributed by atoms with van der Waals surface area (Å²) in [6.07, 6.45) is 4.92. The smallest absolute Gasteiger partial charge is 0.139 e. The minimum absolute atomic E-state index is 0.630. The Balaban J connectivity index is 1.31. The number of halogens is 2. The summed E-state index contributed by atoms with van der Waals surface area (Å²) < 4.78 is 6.00. The van der Waals surface area contributed by atoms with Crippen LogP contribution in [-0.4, -0.2) is 40.6 Å². The van der Waals surface area contributed by atoms with Crippen molar-refractivity contribution in [2.45, 2.75) is 52.5 Å². The fraction of sp³-hybridized carbons (Fsp3) is 0.444. The second-order valence-corrected chi connectivity index (χ2v) is 10.1. The van der Waals surface area contributed by atoms with E-state index >= 15 is 0 Å². The molecule has 4 rings (SSSR count). The number of aryl methyl sites for hydroxylation is 1. The van der Waals surface area contributed by atoms with E-state index in [9.17, 15) is 0 Å². The molecule has 6 heteroatoms. The summed E-state index contributed by atoms with van der Waals surface area (Å²) in [5, 5.41) is 1.34. The maximum Gasteiger partial charge on any atom is 0.139 e. The Bertz CT molecular complexity index is 1050. The van der Waals surface area contributed by atoms with Gasteiger partial charge in [-0.25, -0.2) is 4.98 Å².